The maximum Gasteiger partial charge on any atom is 0.306 e. The normalized spacial score (nSPS) is 10.2. The molecule has 1 aromatic carbocycles. The van der Waals surface area contributed by atoms with E-state index >= 15 is 0 Å². The van der Waals surface area contributed by atoms with Gasteiger partial charge in [0.15, 0.2) is 12.4 Å². The van der Waals surface area contributed by atoms with Crippen LogP contribution in [0.1, 0.15) is 33.8 Å². The number of imide groups is 1. The first-order valence-electron chi connectivity index (χ1n) is 8.13. The monoisotopic (exact) mass is 394 g/mol. The van der Waals surface area contributed by atoms with Crippen molar-refractivity contribution in [1.29, 1.82) is 0 Å². The average Bonchev–Trinajstić information content (AvgIpc) is 3.18. The van der Waals surface area contributed by atoms with Crippen LogP contribution in [0.25, 0.3) is 0 Å². The Kier molecular flexibility index (Phi) is 7.37. The van der Waals surface area contributed by atoms with E-state index in [-0.39, 0.29) is 30.7 Å². The minimum absolute atomic E-state index is 0.0356. The molecule has 0 saturated heterocycles. The van der Waals surface area contributed by atoms with Crippen LogP contribution in [0, 0.1) is 11.6 Å². The van der Waals surface area contributed by atoms with Crippen LogP contribution in [0.5, 0.6) is 0 Å². The molecule has 0 aliphatic carbocycles. The van der Waals surface area contributed by atoms with Crippen LogP contribution in [0.3, 0.4) is 0 Å². The number of nitrogens with one attached hydrogen (secondary N) is 2. The van der Waals surface area contributed by atoms with Crippen LogP contribution in [0.2, 0.25) is 0 Å². The van der Waals surface area contributed by atoms with Crippen molar-refractivity contribution in [2.75, 3.05) is 13.2 Å². The summed E-state index contributed by atoms with van der Waals surface area (Å²) in [5.41, 5.74) is -0.318. The van der Waals surface area contributed by atoms with Crippen LogP contribution in [-0.4, -0.2) is 36.8 Å². The fourth-order valence-electron chi connectivity index (χ4n) is 2.05. The van der Waals surface area contributed by atoms with Gasteiger partial charge in [-0.15, -0.1) is 0 Å². The van der Waals surface area contributed by atoms with Gasteiger partial charge in [-0.1, -0.05) is 0 Å². The van der Waals surface area contributed by atoms with E-state index in [4.69, 9.17) is 9.15 Å². The van der Waals surface area contributed by atoms with Gasteiger partial charge in [0.1, 0.15) is 11.6 Å². The first-order valence-corrected chi connectivity index (χ1v) is 8.13. The van der Waals surface area contributed by atoms with Crippen LogP contribution >= 0.6 is 0 Å². The molecule has 0 spiro atoms. The molecule has 0 bridgehead atoms. The third-order valence-corrected chi connectivity index (χ3v) is 3.38. The third-order valence-electron chi connectivity index (χ3n) is 3.38. The second kappa shape index (κ2) is 9.95. The number of halogens is 2. The van der Waals surface area contributed by atoms with Gasteiger partial charge in [0.25, 0.3) is 17.7 Å². The molecular formula is C18H16F2N2O6. The van der Waals surface area contributed by atoms with Gasteiger partial charge in [-0.2, -0.15) is 0 Å². The second-order valence-electron chi connectivity index (χ2n) is 5.50. The molecule has 28 heavy (non-hydrogen) atoms. The molecule has 148 valence electrons. The summed E-state index contributed by atoms with van der Waals surface area (Å²) in [5, 5.41) is 4.36. The number of ether oxygens (including phenoxy) is 1. The van der Waals surface area contributed by atoms with Gasteiger partial charge < -0.3 is 14.5 Å². The molecule has 2 rings (SSSR count). The van der Waals surface area contributed by atoms with Crippen molar-refractivity contribution in [1.82, 2.24) is 10.6 Å². The Morgan fingerprint density at radius 3 is 2.54 bits per heavy atom. The molecule has 0 fully saturated rings. The van der Waals surface area contributed by atoms with Crippen LogP contribution in [0.4, 0.5) is 8.78 Å². The van der Waals surface area contributed by atoms with Crippen molar-refractivity contribution in [3.63, 3.8) is 0 Å². The zero-order valence-electron chi connectivity index (χ0n) is 14.5. The first kappa shape index (κ1) is 20.7. The number of benzene rings is 1. The molecule has 2 aromatic rings. The molecule has 0 aliphatic rings. The summed E-state index contributed by atoms with van der Waals surface area (Å²) in [6, 6.07) is 5.39. The summed E-state index contributed by atoms with van der Waals surface area (Å²) in [5.74, 6) is -4.91. The molecule has 0 radical (unpaired) electrons. The Balaban J connectivity index is 1.62. The van der Waals surface area contributed by atoms with Crippen molar-refractivity contribution < 1.29 is 37.1 Å². The Morgan fingerprint density at radius 2 is 1.86 bits per heavy atom. The summed E-state index contributed by atoms with van der Waals surface area (Å²) in [6.45, 7) is -0.619. The number of hydrogen-bond donors (Lipinski definition) is 2. The molecule has 3 amide bonds. The number of hydrogen-bond acceptors (Lipinski definition) is 6. The van der Waals surface area contributed by atoms with Gasteiger partial charge >= 0.3 is 5.97 Å². The zero-order valence-corrected chi connectivity index (χ0v) is 14.5. The van der Waals surface area contributed by atoms with Crippen molar-refractivity contribution in [3.8, 4) is 0 Å². The van der Waals surface area contributed by atoms with Crippen molar-refractivity contribution >= 4 is 23.7 Å². The fraction of sp³-hybridized carbons (Fsp3) is 0.222. The highest BCUT2D eigenvalue weighted by atomic mass is 19.1. The summed E-state index contributed by atoms with van der Waals surface area (Å²) in [6.07, 6.45) is 1.31. The molecule has 0 saturated carbocycles. The Hall–Kier alpha value is -3.56. The van der Waals surface area contributed by atoms with Crippen LogP contribution < -0.4 is 10.6 Å². The number of rotatable bonds is 8. The number of esters is 1. The predicted octanol–water partition coefficient (Wildman–Crippen LogP) is 1.57. The first-order chi connectivity index (χ1) is 13.4. The van der Waals surface area contributed by atoms with Crippen molar-refractivity contribution in [2.45, 2.75) is 12.8 Å². The van der Waals surface area contributed by atoms with Crippen LogP contribution in [0.15, 0.2) is 41.0 Å². The molecule has 0 aliphatic heterocycles. The second-order valence-corrected chi connectivity index (χ2v) is 5.50. The number of carbonyl (C=O) groups excluding carboxylic acids is 4. The molecule has 10 heteroatoms. The van der Waals surface area contributed by atoms with E-state index in [0.29, 0.717) is 6.07 Å². The predicted molar refractivity (Wildman–Crippen MR) is 90.1 cm³/mol. The lowest BCUT2D eigenvalue weighted by atomic mass is 10.2. The largest absolute Gasteiger partial charge is 0.459 e. The van der Waals surface area contributed by atoms with Gasteiger partial charge in [0.05, 0.1) is 11.8 Å². The number of furan rings is 1. The zero-order chi connectivity index (χ0) is 20.5. The minimum Gasteiger partial charge on any atom is -0.459 e. The van der Waals surface area contributed by atoms with E-state index in [9.17, 15) is 28.0 Å². The maximum atomic E-state index is 13.5. The molecule has 1 aromatic heterocycles. The highest BCUT2D eigenvalue weighted by molar-refractivity contribution is 6.03. The summed E-state index contributed by atoms with van der Waals surface area (Å²) >= 11 is 0. The van der Waals surface area contributed by atoms with E-state index in [1.807, 2.05) is 5.32 Å². The summed E-state index contributed by atoms with van der Waals surface area (Å²) in [4.78, 5) is 46.4. The molecule has 2 N–H and O–H groups in total. The third kappa shape index (κ3) is 6.31. The Labute approximate surface area is 157 Å². The maximum absolute atomic E-state index is 13.5. The topological polar surface area (TPSA) is 115 Å². The average molecular weight is 394 g/mol. The smallest absolute Gasteiger partial charge is 0.306 e. The number of carbonyl (C=O) groups is 4. The SMILES string of the molecule is O=C(COC(=O)CCCNC(=O)c1ccc(F)cc1F)NC(=O)c1ccco1. The van der Waals surface area contributed by atoms with Gasteiger partial charge in [-0.05, 0) is 30.7 Å². The van der Waals surface area contributed by atoms with E-state index in [1.165, 1.54) is 18.4 Å². The lowest BCUT2D eigenvalue weighted by Gasteiger charge is -2.07. The Morgan fingerprint density at radius 1 is 1.07 bits per heavy atom. The molecule has 0 unspecified atom stereocenters. The Bertz CT molecular complexity index is 867. The highest BCUT2D eigenvalue weighted by Crippen LogP contribution is 2.09. The van der Waals surface area contributed by atoms with E-state index in [0.717, 1.165) is 12.1 Å². The van der Waals surface area contributed by atoms with E-state index in [2.05, 4.69) is 5.32 Å². The lowest BCUT2D eigenvalue weighted by Crippen LogP contribution is -2.34. The molecule has 0 atom stereocenters. The van der Waals surface area contributed by atoms with E-state index in [1.54, 1.807) is 0 Å². The molecule has 1 heterocycles. The highest BCUT2D eigenvalue weighted by Gasteiger charge is 2.15. The lowest BCUT2D eigenvalue weighted by molar-refractivity contribution is -0.148. The molecule has 8 nitrogen and oxygen atoms in total. The summed E-state index contributed by atoms with van der Waals surface area (Å²) < 4.78 is 35.8. The van der Waals surface area contributed by atoms with Gasteiger partial charge in [0, 0.05) is 19.0 Å². The van der Waals surface area contributed by atoms with E-state index < -0.39 is 41.9 Å². The minimum atomic E-state index is -0.994. The van der Waals surface area contributed by atoms with Crippen molar-refractivity contribution in [3.05, 3.63) is 59.6 Å². The quantitative estimate of drug-likeness (QED) is 0.519. The van der Waals surface area contributed by atoms with Crippen molar-refractivity contribution in [2.24, 2.45) is 0 Å². The van der Waals surface area contributed by atoms with Gasteiger partial charge in [0.2, 0.25) is 0 Å². The van der Waals surface area contributed by atoms with Crippen LogP contribution in [-0.2, 0) is 14.3 Å². The van der Waals surface area contributed by atoms with Gasteiger partial charge in [-0.3, -0.25) is 24.5 Å². The molecular weight excluding hydrogens is 378 g/mol. The standard InChI is InChI=1S/C18H16F2N2O6/c19-11-5-6-12(13(20)9-11)17(25)21-7-1-4-16(24)28-10-15(23)22-18(26)14-3-2-8-27-14/h2-3,5-6,8-9H,1,4,7,10H2,(H,21,25)(H,22,23,26). The number of amides is 3. The fourth-order valence-corrected chi connectivity index (χ4v) is 2.05. The van der Waals surface area contributed by atoms with Gasteiger partial charge in [-0.25, -0.2) is 8.78 Å². The summed E-state index contributed by atoms with van der Waals surface area (Å²) in [7, 11) is 0.